The van der Waals surface area contributed by atoms with Crippen molar-refractivity contribution in [1.82, 2.24) is 14.7 Å². The van der Waals surface area contributed by atoms with Gasteiger partial charge in [-0.3, -0.25) is 9.69 Å². The van der Waals surface area contributed by atoms with E-state index in [9.17, 15) is 18.4 Å². The van der Waals surface area contributed by atoms with Crippen molar-refractivity contribution in [3.63, 3.8) is 0 Å². The van der Waals surface area contributed by atoms with Gasteiger partial charge in [-0.25, -0.2) is 13.6 Å². The van der Waals surface area contributed by atoms with Crippen molar-refractivity contribution >= 4 is 12.0 Å². The molecule has 1 aliphatic heterocycles. The molecule has 7 nitrogen and oxygen atoms in total. The molecular formula is C11H19F2N3O4. The molecule has 20 heavy (non-hydrogen) atoms. The van der Waals surface area contributed by atoms with E-state index >= 15 is 0 Å². The zero-order valence-corrected chi connectivity index (χ0v) is 11.0. The number of aliphatic carboxylic acids is 1. The largest absolute Gasteiger partial charge is 0.480 e. The minimum Gasteiger partial charge on any atom is -0.480 e. The molecule has 0 aliphatic carbocycles. The molecule has 0 atom stereocenters. The number of aliphatic hydroxyl groups excluding tert-OH is 1. The van der Waals surface area contributed by atoms with Crippen LogP contribution in [0.2, 0.25) is 0 Å². The van der Waals surface area contributed by atoms with Crippen molar-refractivity contribution in [1.29, 1.82) is 0 Å². The maximum atomic E-state index is 12.4. The second-order valence-corrected chi connectivity index (χ2v) is 4.50. The van der Waals surface area contributed by atoms with Crippen LogP contribution in [0.5, 0.6) is 0 Å². The van der Waals surface area contributed by atoms with Crippen LogP contribution in [0.3, 0.4) is 0 Å². The van der Waals surface area contributed by atoms with Gasteiger partial charge in [-0.1, -0.05) is 0 Å². The van der Waals surface area contributed by atoms with Gasteiger partial charge in [0.1, 0.15) is 0 Å². The Hall–Kier alpha value is -1.48. The Labute approximate surface area is 115 Å². The fourth-order valence-electron chi connectivity index (χ4n) is 2.04. The van der Waals surface area contributed by atoms with Crippen LogP contribution >= 0.6 is 0 Å². The first-order valence-corrected chi connectivity index (χ1v) is 6.31. The van der Waals surface area contributed by atoms with E-state index in [4.69, 9.17) is 10.2 Å². The summed E-state index contributed by atoms with van der Waals surface area (Å²) in [6, 6.07) is -0.547. The summed E-state index contributed by atoms with van der Waals surface area (Å²) in [5.41, 5.74) is 0. The molecule has 0 spiro atoms. The number of carboxylic acids is 1. The number of alkyl halides is 2. The van der Waals surface area contributed by atoms with E-state index in [1.165, 1.54) is 4.90 Å². The first kappa shape index (κ1) is 16.6. The van der Waals surface area contributed by atoms with E-state index in [0.29, 0.717) is 13.1 Å². The second-order valence-electron chi connectivity index (χ2n) is 4.50. The summed E-state index contributed by atoms with van der Waals surface area (Å²) in [6.07, 6.45) is -2.65. The average molecular weight is 295 g/mol. The number of aliphatic hydroxyl groups is 1. The average Bonchev–Trinajstić information content (AvgIpc) is 2.37. The number of hydrogen-bond acceptors (Lipinski definition) is 4. The van der Waals surface area contributed by atoms with Crippen molar-refractivity contribution in [3.05, 3.63) is 0 Å². The molecule has 0 radical (unpaired) electrons. The van der Waals surface area contributed by atoms with Crippen molar-refractivity contribution in [3.8, 4) is 0 Å². The number of amides is 2. The lowest BCUT2D eigenvalue weighted by atomic mass is 10.3. The quantitative estimate of drug-likeness (QED) is 0.681. The van der Waals surface area contributed by atoms with Crippen molar-refractivity contribution < 1.29 is 28.6 Å². The van der Waals surface area contributed by atoms with Gasteiger partial charge < -0.3 is 20.0 Å². The highest BCUT2D eigenvalue weighted by Gasteiger charge is 2.27. The van der Waals surface area contributed by atoms with E-state index in [1.54, 1.807) is 4.90 Å². The maximum absolute atomic E-state index is 12.4. The van der Waals surface area contributed by atoms with Gasteiger partial charge in [0.05, 0.1) is 19.7 Å². The lowest BCUT2D eigenvalue weighted by molar-refractivity contribution is -0.138. The summed E-state index contributed by atoms with van der Waals surface area (Å²) in [5, 5.41) is 17.5. The van der Waals surface area contributed by atoms with Crippen molar-refractivity contribution in [2.24, 2.45) is 0 Å². The van der Waals surface area contributed by atoms with Crippen LogP contribution in [0.15, 0.2) is 0 Å². The molecule has 1 saturated heterocycles. The van der Waals surface area contributed by atoms with Gasteiger partial charge in [0.2, 0.25) is 0 Å². The molecule has 0 aromatic carbocycles. The number of nitrogens with zero attached hydrogens (tertiary/aromatic N) is 3. The van der Waals surface area contributed by atoms with Gasteiger partial charge in [0.15, 0.2) is 0 Å². The van der Waals surface area contributed by atoms with Gasteiger partial charge in [-0.05, 0) is 0 Å². The molecule has 0 unspecified atom stereocenters. The fraction of sp³-hybridized carbons (Fsp3) is 0.818. The Kier molecular flexibility index (Phi) is 6.59. The molecule has 116 valence electrons. The highest BCUT2D eigenvalue weighted by atomic mass is 19.3. The zero-order valence-electron chi connectivity index (χ0n) is 11.0. The first-order valence-electron chi connectivity index (χ1n) is 6.31. The fourth-order valence-corrected chi connectivity index (χ4v) is 2.04. The number of carbonyl (C=O) groups excluding carboxylic acids is 1. The Morgan fingerprint density at radius 1 is 1.20 bits per heavy atom. The van der Waals surface area contributed by atoms with Crippen LogP contribution in [-0.2, 0) is 4.79 Å². The lowest BCUT2D eigenvalue weighted by Gasteiger charge is -2.36. The Balaban J connectivity index is 2.48. The summed E-state index contributed by atoms with van der Waals surface area (Å²) in [4.78, 5) is 26.6. The number of halogens is 2. The van der Waals surface area contributed by atoms with Crippen molar-refractivity contribution in [2.75, 3.05) is 52.4 Å². The summed E-state index contributed by atoms with van der Waals surface area (Å²) in [5.74, 6) is -0.940. The van der Waals surface area contributed by atoms with E-state index in [1.807, 2.05) is 0 Å². The highest BCUT2D eigenvalue weighted by Crippen LogP contribution is 2.07. The molecule has 1 heterocycles. The topological polar surface area (TPSA) is 84.3 Å². The van der Waals surface area contributed by atoms with Gasteiger partial charge in [-0.15, -0.1) is 0 Å². The van der Waals surface area contributed by atoms with Gasteiger partial charge in [0.25, 0.3) is 6.43 Å². The third-order valence-electron chi connectivity index (χ3n) is 3.00. The zero-order chi connectivity index (χ0) is 15.1. The standard InChI is InChI=1S/C11H19F2N3O4/c12-9(13)7-16(5-6-17)11(20)15-3-1-14(2-4-15)8-10(18)19/h9,17H,1-8H2,(H,18,19). The molecule has 1 aliphatic rings. The Morgan fingerprint density at radius 2 is 1.80 bits per heavy atom. The first-order chi connectivity index (χ1) is 9.43. The molecular weight excluding hydrogens is 276 g/mol. The van der Waals surface area contributed by atoms with Crippen LogP contribution in [-0.4, -0.2) is 95.8 Å². The number of carbonyl (C=O) groups is 2. The molecule has 1 rings (SSSR count). The van der Waals surface area contributed by atoms with Crippen molar-refractivity contribution in [2.45, 2.75) is 6.43 Å². The number of piperazine rings is 1. The molecule has 0 aromatic heterocycles. The highest BCUT2D eigenvalue weighted by molar-refractivity contribution is 5.74. The molecule has 1 fully saturated rings. The molecule has 9 heteroatoms. The third-order valence-corrected chi connectivity index (χ3v) is 3.00. The van der Waals surface area contributed by atoms with Crippen LogP contribution < -0.4 is 0 Å². The number of carboxylic acid groups (broad SMARTS) is 1. The van der Waals surface area contributed by atoms with Gasteiger partial charge >= 0.3 is 12.0 Å². The summed E-state index contributed by atoms with van der Waals surface area (Å²) < 4.78 is 24.7. The molecule has 0 saturated carbocycles. The monoisotopic (exact) mass is 295 g/mol. The van der Waals surface area contributed by atoms with E-state index < -0.39 is 25.0 Å². The maximum Gasteiger partial charge on any atom is 0.320 e. The second kappa shape index (κ2) is 7.95. The predicted octanol–water partition coefficient (Wildman–Crippen LogP) is -0.632. The van der Waals surface area contributed by atoms with E-state index in [0.717, 1.165) is 4.90 Å². The van der Waals surface area contributed by atoms with Crippen LogP contribution in [0.4, 0.5) is 13.6 Å². The minimum absolute atomic E-state index is 0.0978. The van der Waals surface area contributed by atoms with Crippen LogP contribution in [0.25, 0.3) is 0 Å². The lowest BCUT2D eigenvalue weighted by Crippen LogP contribution is -2.54. The summed E-state index contributed by atoms with van der Waals surface area (Å²) in [7, 11) is 0. The van der Waals surface area contributed by atoms with Crippen LogP contribution in [0.1, 0.15) is 0 Å². The molecule has 2 N–H and O–H groups in total. The van der Waals surface area contributed by atoms with Gasteiger partial charge in [-0.2, -0.15) is 0 Å². The van der Waals surface area contributed by atoms with E-state index in [-0.39, 0.29) is 32.8 Å². The predicted molar refractivity (Wildman–Crippen MR) is 65.7 cm³/mol. The Bertz CT molecular complexity index is 336. The normalized spacial score (nSPS) is 16.5. The van der Waals surface area contributed by atoms with Gasteiger partial charge in [0, 0.05) is 32.7 Å². The smallest absolute Gasteiger partial charge is 0.320 e. The van der Waals surface area contributed by atoms with Crippen LogP contribution in [0, 0.1) is 0 Å². The Morgan fingerprint density at radius 3 is 2.25 bits per heavy atom. The molecule has 0 aromatic rings. The summed E-state index contributed by atoms with van der Waals surface area (Å²) in [6.45, 7) is 0.0258. The number of hydrogen-bond donors (Lipinski definition) is 2. The molecule has 2 amide bonds. The third kappa shape index (κ3) is 5.25. The summed E-state index contributed by atoms with van der Waals surface area (Å²) >= 11 is 0. The SMILES string of the molecule is O=C(O)CN1CCN(C(=O)N(CCO)CC(F)F)CC1. The van der Waals surface area contributed by atoms with E-state index in [2.05, 4.69) is 0 Å². The number of urea groups is 1. The number of rotatable bonds is 6. The molecule has 0 bridgehead atoms. The minimum atomic E-state index is -2.65.